The Balaban J connectivity index is 2.27. The van der Waals surface area contributed by atoms with E-state index in [1.165, 1.54) is 4.80 Å². The molecule has 5 heteroatoms. The van der Waals surface area contributed by atoms with Gasteiger partial charge in [0.1, 0.15) is 16.7 Å². The average Bonchev–Trinajstić information content (AvgIpc) is 2.97. The zero-order chi connectivity index (χ0) is 17.5. The van der Waals surface area contributed by atoms with Crippen molar-refractivity contribution < 1.29 is 9.90 Å². The molecule has 0 atom stereocenters. The van der Waals surface area contributed by atoms with Crippen molar-refractivity contribution in [3.8, 4) is 11.4 Å². The number of aromatic hydroxyl groups is 1. The molecule has 0 unspecified atom stereocenters. The molecule has 0 amide bonds. The largest absolute Gasteiger partial charge is 0.505 e. The number of phenols is 1. The SMILES string of the molecule is CCC(=O)c1cc(C(C)(C)C)cc(-n2nc3ccccc3n2)c1O. The Kier molecular flexibility index (Phi) is 3.87. The zero-order valence-corrected chi connectivity index (χ0v) is 14.4. The van der Waals surface area contributed by atoms with E-state index < -0.39 is 0 Å². The number of phenolic OH excluding ortho intramolecular Hbond substituents is 1. The molecule has 1 N–H and O–H groups in total. The molecule has 1 heterocycles. The number of benzene rings is 2. The van der Waals surface area contributed by atoms with Gasteiger partial charge in [-0.15, -0.1) is 15.0 Å². The quantitative estimate of drug-likeness (QED) is 0.739. The summed E-state index contributed by atoms with van der Waals surface area (Å²) in [5.74, 6) is -0.174. The second-order valence-electron chi connectivity index (χ2n) is 6.90. The molecule has 1 aromatic heterocycles. The third-order valence-electron chi connectivity index (χ3n) is 4.08. The van der Waals surface area contributed by atoms with Gasteiger partial charge in [0.15, 0.2) is 11.5 Å². The van der Waals surface area contributed by atoms with E-state index in [1.807, 2.05) is 30.3 Å². The molecule has 0 radical (unpaired) electrons. The molecule has 0 saturated carbocycles. The van der Waals surface area contributed by atoms with Crippen molar-refractivity contribution in [3.05, 3.63) is 47.5 Å². The Morgan fingerprint density at radius 3 is 2.21 bits per heavy atom. The predicted molar refractivity (Wildman–Crippen MR) is 93.9 cm³/mol. The number of carbonyl (C=O) groups excluding carboxylic acids is 1. The maximum absolute atomic E-state index is 12.3. The van der Waals surface area contributed by atoms with Crippen LogP contribution in [-0.4, -0.2) is 25.9 Å². The van der Waals surface area contributed by atoms with Crippen LogP contribution in [0, 0.1) is 0 Å². The van der Waals surface area contributed by atoms with Gasteiger partial charge in [0.05, 0.1) is 5.56 Å². The Hall–Kier alpha value is -2.69. The fraction of sp³-hybridized carbons (Fsp3) is 0.316. The number of hydrogen-bond acceptors (Lipinski definition) is 4. The predicted octanol–water partition coefficient (Wildman–Crippen LogP) is 4.02. The first-order chi connectivity index (χ1) is 11.3. The van der Waals surface area contributed by atoms with Crippen molar-refractivity contribution in [2.24, 2.45) is 0 Å². The molecule has 0 spiro atoms. The summed E-state index contributed by atoms with van der Waals surface area (Å²) in [7, 11) is 0. The summed E-state index contributed by atoms with van der Waals surface area (Å²) >= 11 is 0. The minimum absolute atomic E-state index is 0.0739. The van der Waals surface area contributed by atoms with Crippen molar-refractivity contribution in [3.63, 3.8) is 0 Å². The average molecular weight is 323 g/mol. The number of nitrogens with zero attached hydrogens (tertiary/aromatic N) is 3. The lowest BCUT2D eigenvalue weighted by atomic mass is 9.85. The maximum atomic E-state index is 12.3. The standard InChI is InChI=1S/C19H21N3O2/c1-5-17(23)13-10-12(19(2,3)4)11-16(18(13)24)22-20-14-8-6-7-9-15(14)21-22/h6-11,24H,5H2,1-4H3. The first kappa shape index (κ1) is 16.2. The van der Waals surface area contributed by atoms with Gasteiger partial charge < -0.3 is 5.11 Å². The van der Waals surface area contributed by atoms with Crippen molar-refractivity contribution in [2.45, 2.75) is 39.5 Å². The minimum Gasteiger partial charge on any atom is -0.505 e. The lowest BCUT2D eigenvalue weighted by Gasteiger charge is -2.21. The van der Waals surface area contributed by atoms with Crippen molar-refractivity contribution in [2.75, 3.05) is 0 Å². The van der Waals surface area contributed by atoms with Gasteiger partial charge in [0.25, 0.3) is 0 Å². The molecule has 24 heavy (non-hydrogen) atoms. The summed E-state index contributed by atoms with van der Waals surface area (Å²) in [5.41, 5.74) is 3.01. The lowest BCUT2D eigenvalue weighted by molar-refractivity contribution is 0.0985. The van der Waals surface area contributed by atoms with E-state index >= 15 is 0 Å². The van der Waals surface area contributed by atoms with Crippen LogP contribution in [0.25, 0.3) is 16.7 Å². The normalized spacial score (nSPS) is 11.8. The number of aromatic nitrogens is 3. The number of hydrogen-bond donors (Lipinski definition) is 1. The number of fused-ring (bicyclic) bond motifs is 1. The topological polar surface area (TPSA) is 68.0 Å². The first-order valence-electron chi connectivity index (χ1n) is 8.04. The fourth-order valence-corrected chi connectivity index (χ4v) is 2.58. The summed E-state index contributed by atoms with van der Waals surface area (Å²) in [5, 5.41) is 19.5. The first-order valence-corrected chi connectivity index (χ1v) is 8.04. The molecule has 124 valence electrons. The van der Waals surface area contributed by atoms with E-state index in [-0.39, 0.29) is 16.9 Å². The summed E-state index contributed by atoms with van der Waals surface area (Å²) in [6.07, 6.45) is 0.328. The Morgan fingerprint density at radius 2 is 1.71 bits per heavy atom. The summed E-state index contributed by atoms with van der Waals surface area (Å²) < 4.78 is 0. The highest BCUT2D eigenvalue weighted by atomic mass is 16.3. The molecule has 0 fully saturated rings. The van der Waals surface area contributed by atoms with E-state index in [2.05, 4.69) is 31.0 Å². The van der Waals surface area contributed by atoms with Crippen LogP contribution in [0.3, 0.4) is 0 Å². The molecule has 0 aliphatic rings. The number of carbonyl (C=O) groups is 1. The van der Waals surface area contributed by atoms with Crippen LogP contribution in [0.2, 0.25) is 0 Å². The van der Waals surface area contributed by atoms with Crippen LogP contribution in [0.5, 0.6) is 5.75 Å². The highest BCUT2D eigenvalue weighted by Crippen LogP contribution is 2.33. The van der Waals surface area contributed by atoms with Gasteiger partial charge in [-0.1, -0.05) is 39.8 Å². The Labute approximate surface area is 140 Å². The van der Waals surface area contributed by atoms with Gasteiger partial charge in [-0.25, -0.2) is 0 Å². The van der Waals surface area contributed by atoms with Crippen LogP contribution in [-0.2, 0) is 5.41 Å². The molecular formula is C19H21N3O2. The Morgan fingerprint density at radius 1 is 1.12 bits per heavy atom. The second kappa shape index (κ2) is 5.74. The molecule has 0 saturated heterocycles. The summed E-state index contributed by atoms with van der Waals surface area (Å²) in [6.45, 7) is 7.98. The van der Waals surface area contributed by atoms with Crippen LogP contribution in [0.4, 0.5) is 0 Å². The van der Waals surface area contributed by atoms with E-state index in [4.69, 9.17) is 0 Å². The Bertz CT molecular complexity index is 887. The number of Topliss-reactive ketones (excluding diaryl/α,β-unsaturated/α-hetero) is 1. The van der Waals surface area contributed by atoms with Gasteiger partial charge in [-0.3, -0.25) is 4.79 Å². The van der Waals surface area contributed by atoms with Crippen LogP contribution in [0.15, 0.2) is 36.4 Å². The summed E-state index contributed by atoms with van der Waals surface area (Å²) in [6, 6.07) is 11.1. The van der Waals surface area contributed by atoms with Crippen LogP contribution in [0.1, 0.15) is 50.0 Å². The fourth-order valence-electron chi connectivity index (χ4n) is 2.58. The van der Waals surface area contributed by atoms with Crippen molar-refractivity contribution >= 4 is 16.8 Å². The van der Waals surface area contributed by atoms with Gasteiger partial charge in [-0.2, -0.15) is 0 Å². The van der Waals surface area contributed by atoms with E-state index in [1.54, 1.807) is 13.0 Å². The van der Waals surface area contributed by atoms with Crippen LogP contribution >= 0.6 is 0 Å². The van der Waals surface area contributed by atoms with E-state index in [0.717, 1.165) is 16.6 Å². The third-order valence-corrected chi connectivity index (χ3v) is 4.08. The van der Waals surface area contributed by atoms with Crippen molar-refractivity contribution in [1.82, 2.24) is 15.0 Å². The van der Waals surface area contributed by atoms with E-state index in [9.17, 15) is 9.90 Å². The van der Waals surface area contributed by atoms with Crippen molar-refractivity contribution in [1.29, 1.82) is 0 Å². The van der Waals surface area contributed by atoms with Gasteiger partial charge in [0, 0.05) is 6.42 Å². The minimum atomic E-state index is -0.169. The molecule has 2 aromatic carbocycles. The van der Waals surface area contributed by atoms with Gasteiger partial charge in [0.2, 0.25) is 0 Å². The van der Waals surface area contributed by atoms with Gasteiger partial charge in [-0.05, 0) is 35.2 Å². The number of ketones is 1. The summed E-state index contributed by atoms with van der Waals surface area (Å²) in [4.78, 5) is 13.7. The number of rotatable bonds is 3. The monoisotopic (exact) mass is 323 g/mol. The van der Waals surface area contributed by atoms with Gasteiger partial charge >= 0.3 is 0 Å². The molecular weight excluding hydrogens is 302 g/mol. The zero-order valence-electron chi connectivity index (χ0n) is 14.4. The molecule has 0 aliphatic carbocycles. The smallest absolute Gasteiger partial charge is 0.166 e. The van der Waals surface area contributed by atoms with E-state index in [0.29, 0.717) is 17.7 Å². The highest BCUT2D eigenvalue weighted by molar-refractivity contribution is 5.99. The van der Waals surface area contributed by atoms with Crippen LogP contribution < -0.4 is 0 Å². The lowest BCUT2D eigenvalue weighted by Crippen LogP contribution is -2.14. The molecule has 0 bridgehead atoms. The molecule has 3 rings (SSSR count). The molecule has 3 aromatic rings. The molecule has 0 aliphatic heterocycles. The highest BCUT2D eigenvalue weighted by Gasteiger charge is 2.23. The second-order valence-corrected chi connectivity index (χ2v) is 6.90. The maximum Gasteiger partial charge on any atom is 0.166 e. The molecule has 5 nitrogen and oxygen atoms in total. The third kappa shape index (κ3) is 2.77.